The van der Waals surface area contributed by atoms with Gasteiger partial charge in [0.05, 0.1) is 5.37 Å². The van der Waals surface area contributed by atoms with Crippen molar-refractivity contribution in [2.45, 2.75) is 18.3 Å². The molecule has 0 aliphatic carbocycles. The maximum Gasteiger partial charge on any atom is 0.321 e. The fraction of sp³-hybridized carbons (Fsp3) is 0.364. The molecule has 2 rings (SSSR count). The lowest BCUT2D eigenvalue weighted by atomic mass is 10.1. The lowest BCUT2D eigenvalue weighted by molar-refractivity contribution is -0.138. The highest BCUT2D eigenvalue weighted by atomic mass is 35.5. The highest BCUT2D eigenvalue weighted by Crippen LogP contribution is 2.34. The fourth-order valence-electron chi connectivity index (χ4n) is 1.58. The number of hydrogen-bond donors (Lipinski definition) is 2. The summed E-state index contributed by atoms with van der Waals surface area (Å²) >= 11 is 7.63. The molecule has 0 spiro atoms. The van der Waals surface area contributed by atoms with Crippen LogP contribution in [-0.2, 0) is 4.79 Å². The van der Waals surface area contributed by atoms with Gasteiger partial charge in [-0.25, -0.2) is 0 Å². The summed E-state index contributed by atoms with van der Waals surface area (Å²) in [6, 6.07) is 5.37. The Morgan fingerprint density at radius 1 is 1.62 bits per heavy atom. The van der Waals surface area contributed by atoms with E-state index in [0.29, 0.717) is 5.75 Å². The molecule has 1 unspecified atom stereocenters. The fourth-order valence-corrected chi connectivity index (χ4v) is 2.99. The van der Waals surface area contributed by atoms with Gasteiger partial charge in [0.15, 0.2) is 0 Å². The zero-order valence-electron chi connectivity index (χ0n) is 8.74. The van der Waals surface area contributed by atoms with Crippen LogP contribution >= 0.6 is 23.4 Å². The lowest BCUT2D eigenvalue weighted by Gasteiger charge is -2.12. The van der Waals surface area contributed by atoms with E-state index in [1.807, 2.05) is 25.1 Å². The minimum absolute atomic E-state index is 0.0270. The van der Waals surface area contributed by atoms with Crippen molar-refractivity contribution < 1.29 is 9.90 Å². The van der Waals surface area contributed by atoms with E-state index in [-0.39, 0.29) is 5.37 Å². The van der Waals surface area contributed by atoms with Crippen molar-refractivity contribution in [2.75, 3.05) is 5.75 Å². The van der Waals surface area contributed by atoms with Crippen molar-refractivity contribution in [3.63, 3.8) is 0 Å². The normalized spacial score (nSPS) is 24.6. The molecule has 1 aromatic carbocycles. The van der Waals surface area contributed by atoms with Crippen molar-refractivity contribution in [1.82, 2.24) is 5.32 Å². The molecule has 86 valence electrons. The van der Waals surface area contributed by atoms with Crippen LogP contribution in [0.1, 0.15) is 16.5 Å². The van der Waals surface area contributed by atoms with Crippen LogP contribution in [0.2, 0.25) is 5.02 Å². The summed E-state index contributed by atoms with van der Waals surface area (Å²) in [4.78, 5) is 10.8. The topological polar surface area (TPSA) is 49.3 Å². The first-order chi connectivity index (χ1) is 7.58. The molecule has 1 aliphatic rings. The van der Waals surface area contributed by atoms with Crippen LogP contribution in [0.5, 0.6) is 0 Å². The van der Waals surface area contributed by atoms with Crippen molar-refractivity contribution in [1.29, 1.82) is 0 Å². The number of nitrogens with one attached hydrogen (secondary N) is 1. The maximum absolute atomic E-state index is 10.8. The summed E-state index contributed by atoms with van der Waals surface area (Å²) in [6.07, 6.45) is 0. The van der Waals surface area contributed by atoms with Crippen molar-refractivity contribution >= 4 is 29.3 Å². The van der Waals surface area contributed by atoms with Crippen LogP contribution in [0.15, 0.2) is 18.2 Å². The van der Waals surface area contributed by atoms with E-state index in [1.54, 1.807) is 11.8 Å². The van der Waals surface area contributed by atoms with Crippen LogP contribution in [0, 0.1) is 6.92 Å². The second kappa shape index (κ2) is 4.65. The van der Waals surface area contributed by atoms with Gasteiger partial charge in [0, 0.05) is 10.8 Å². The van der Waals surface area contributed by atoms with Gasteiger partial charge in [-0.2, -0.15) is 0 Å². The summed E-state index contributed by atoms with van der Waals surface area (Å²) < 4.78 is 0. The van der Waals surface area contributed by atoms with E-state index in [4.69, 9.17) is 16.7 Å². The molecule has 0 saturated carbocycles. The molecular weight excluding hydrogens is 246 g/mol. The number of thioether (sulfide) groups is 1. The first kappa shape index (κ1) is 11.8. The van der Waals surface area contributed by atoms with Crippen molar-refractivity contribution in [3.8, 4) is 0 Å². The van der Waals surface area contributed by atoms with Gasteiger partial charge in [-0.1, -0.05) is 23.7 Å². The Hall–Kier alpha value is -0.710. The molecule has 1 saturated heterocycles. The first-order valence-electron chi connectivity index (χ1n) is 4.94. The summed E-state index contributed by atoms with van der Waals surface area (Å²) in [5.74, 6) is -0.209. The average Bonchev–Trinajstić information content (AvgIpc) is 2.71. The highest BCUT2D eigenvalue weighted by molar-refractivity contribution is 7.99. The van der Waals surface area contributed by atoms with E-state index < -0.39 is 12.0 Å². The Balaban J connectivity index is 2.14. The van der Waals surface area contributed by atoms with Crippen LogP contribution in [-0.4, -0.2) is 22.9 Å². The van der Waals surface area contributed by atoms with Crippen LogP contribution in [0.4, 0.5) is 0 Å². The number of hydrogen-bond acceptors (Lipinski definition) is 3. The van der Waals surface area contributed by atoms with Gasteiger partial charge < -0.3 is 5.11 Å². The molecule has 1 fully saturated rings. The Morgan fingerprint density at radius 3 is 2.94 bits per heavy atom. The molecule has 1 heterocycles. The molecule has 0 amide bonds. The number of rotatable bonds is 2. The van der Waals surface area contributed by atoms with Crippen molar-refractivity contribution in [2.24, 2.45) is 0 Å². The van der Waals surface area contributed by atoms with Crippen molar-refractivity contribution in [3.05, 3.63) is 34.3 Å². The van der Waals surface area contributed by atoms with E-state index in [2.05, 4.69) is 5.32 Å². The third-order valence-electron chi connectivity index (χ3n) is 2.58. The summed E-state index contributed by atoms with van der Waals surface area (Å²) in [5.41, 5.74) is 2.06. The molecule has 2 atom stereocenters. The minimum atomic E-state index is -0.798. The van der Waals surface area contributed by atoms with E-state index in [9.17, 15) is 4.79 Å². The van der Waals surface area contributed by atoms with Crippen LogP contribution in [0.25, 0.3) is 0 Å². The number of carbonyl (C=O) groups is 1. The highest BCUT2D eigenvalue weighted by Gasteiger charge is 2.30. The van der Waals surface area contributed by atoms with E-state index in [0.717, 1.165) is 16.1 Å². The molecular formula is C11H12ClNO2S. The van der Waals surface area contributed by atoms with Gasteiger partial charge in [0.25, 0.3) is 0 Å². The summed E-state index contributed by atoms with van der Waals surface area (Å²) in [7, 11) is 0. The Bertz CT molecular complexity index is 424. The zero-order valence-corrected chi connectivity index (χ0v) is 10.3. The molecule has 5 heteroatoms. The monoisotopic (exact) mass is 257 g/mol. The molecule has 1 aromatic rings. The Labute approximate surface area is 103 Å². The molecule has 0 bridgehead atoms. The standard InChI is InChI=1S/C11H12ClNO2S/c1-6-2-3-7(4-8(6)12)10-13-9(5-16-10)11(14)15/h2-4,9-10,13H,5H2,1H3,(H,14,15)/t9-,10?/m0/s1. The predicted octanol–water partition coefficient (Wildman–Crippen LogP) is 2.44. The largest absolute Gasteiger partial charge is 0.480 e. The second-order valence-electron chi connectivity index (χ2n) is 3.78. The molecule has 2 N–H and O–H groups in total. The van der Waals surface area contributed by atoms with Gasteiger partial charge in [0.2, 0.25) is 0 Å². The molecule has 3 nitrogen and oxygen atoms in total. The number of carboxylic acids is 1. The van der Waals surface area contributed by atoms with Gasteiger partial charge in [-0.3, -0.25) is 10.1 Å². The summed E-state index contributed by atoms with van der Waals surface area (Å²) in [5, 5.41) is 12.7. The molecule has 16 heavy (non-hydrogen) atoms. The second-order valence-corrected chi connectivity index (χ2v) is 5.32. The van der Waals surface area contributed by atoms with Gasteiger partial charge in [-0.05, 0) is 24.1 Å². The first-order valence-corrected chi connectivity index (χ1v) is 6.37. The number of aryl methyl sites for hydroxylation is 1. The third-order valence-corrected chi connectivity index (χ3v) is 4.25. The minimum Gasteiger partial charge on any atom is -0.480 e. The molecule has 0 aromatic heterocycles. The van der Waals surface area contributed by atoms with Gasteiger partial charge in [0.1, 0.15) is 6.04 Å². The maximum atomic E-state index is 10.8. The van der Waals surface area contributed by atoms with Gasteiger partial charge >= 0.3 is 5.97 Å². The number of halogens is 1. The Kier molecular flexibility index (Phi) is 3.42. The number of benzene rings is 1. The molecule has 0 radical (unpaired) electrons. The van der Waals surface area contributed by atoms with E-state index in [1.165, 1.54) is 0 Å². The average molecular weight is 258 g/mol. The quantitative estimate of drug-likeness (QED) is 0.855. The van der Waals surface area contributed by atoms with Crippen LogP contribution < -0.4 is 5.32 Å². The zero-order chi connectivity index (χ0) is 11.7. The lowest BCUT2D eigenvalue weighted by Crippen LogP contribution is -2.33. The SMILES string of the molecule is Cc1ccc(C2N[C@H](C(=O)O)CS2)cc1Cl. The number of carboxylic acid groups (broad SMARTS) is 1. The Morgan fingerprint density at radius 2 is 2.38 bits per heavy atom. The smallest absolute Gasteiger partial charge is 0.321 e. The van der Waals surface area contributed by atoms with E-state index >= 15 is 0 Å². The predicted molar refractivity (Wildman–Crippen MR) is 65.9 cm³/mol. The third kappa shape index (κ3) is 2.34. The van der Waals surface area contributed by atoms with Crippen LogP contribution in [0.3, 0.4) is 0 Å². The molecule has 1 aliphatic heterocycles. The van der Waals surface area contributed by atoms with Gasteiger partial charge in [-0.15, -0.1) is 11.8 Å². The number of aliphatic carboxylic acids is 1. The summed E-state index contributed by atoms with van der Waals surface area (Å²) in [6.45, 7) is 1.95.